The summed E-state index contributed by atoms with van der Waals surface area (Å²) >= 11 is 0. The fraction of sp³-hybridized carbons (Fsp3) is 0.417. The van der Waals surface area contributed by atoms with Crippen molar-refractivity contribution in [2.45, 2.75) is 38.8 Å². The Morgan fingerprint density at radius 2 is 1.04 bits per heavy atom. The van der Waals surface area contributed by atoms with Gasteiger partial charge in [-0.2, -0.15) is 0 Å². The molecule has 0 bridgehead atoms. The molecule has 0 saturated carbocycles. The molecule has 28 heavy (non-hydrogen) atoms. The van der Waals surface area contributed by atoms with Crippen molar-refractivity contribution in [1.82, 2.24) is 9.80 Å². The van der Waals surface area contributed by atoms with Gasteiger partial charge in [0.1, 0.15) is 12.6 Å². The number of nitrogens with zero attached hydrogens (tertiary/aromatic N) is 2. The molecule has 2 saturated heterocycles. The fourth-order valence-corrected chi connectivity index (χ4v) is 3.93. The number of hydrogen-bond acceptors (Lipinski definition) is 4. The van der Waals surface area contributed by atoms with Crippen LogP contribution in [0.5, 0.6) is 0 Å². The van der Waals surface area contributed by atoms with Crippen molar-refractivity contribution >= 4 is 12.6 Å². The number of carbonyl (C=O) groups excluding carboxylic acids is 2. The largest absolute Gasteiger partial charge is 0.299 e. The highest BCUT2D eigenvalue weighted by molar-refractivity contribution is 5.75. The molecule has 2 aromatic rings. The van der Waals surface area contributed by atoms with E-state index < -0.39 is 0 Å². The van der Waals surface area contributed by atoms with Gasteiger partial charge in [-0.25, -0.2) is 0 Å². The van der Waals surface area contributed by atoms with Crippen molar-refractivity contribution in [3.05, 3.63) is 70.8 Å². The van der Waals surface area contributed by atoms with Crippen molar-refractivity contribution in [2.75, 3.05) is 26.2 Å². The normalized spacial score (nSPS) is 17.1. The van der Waals surface area contributed by atoms with E-state index in [1.165, 1.54) is 63.0 Å². The summed E-state index contributed by atoms with van der Waals surface area (Å²) in [6.07, 6.45) is 7.07. The molecule has 4 nitrogen and oxygen atoms in total. The van der Waals surface area contributed by atoms with Crippen LogP contribution in [0.2, 0.25) is 0 Å². The smallest absolute Gasteiger partial charge is 0.150 e. The molecule has 2 aliphatic heterocycles. The summed E-state index contributed by atoms with van der Waals surface area (Å²) < 4.78 is 0. The second-order valence-electron chi connectivity index (χ2n) is 7.69. The molecular weight excluding hydrogens is 348 g/mol. The van der Waals surface area contributed by atoms with E-state index in [4.69, 9.17) is 0 Å². The molecule has 4 rings (SSSR count). The minimum absolute atomic E-state index is 0.779. The summed E-state index contributed by atoms with van der Waals surface area (Å²) in [5.41, 5.74) is 4.05. The summed E-state index contributed by atoms with van der Waals surface area (Å²) in [7, 11) is 0. The standard InChI is InChI=1S/2C12H15NO/c2*14-10-12-5-3-4-11(8-12)9-13-6-1-2-7-13/h2*3-5,8,10H,1-2,6-7,9H2. The van der Waals surface area contributed by atoms with E-state index in [9.17, 15) is 9.59 Å². The Morgan fingerprint density at radius 3 is 1.39 bits per heavy atom. The van der Waals surface area contributed by atoms with Gasteiger partial charge in [0.05, 0.1) is 0 Å². The van der Waals surface area contributed by atoms with Crippen molar-refractivity contribution in [3.63, 3.8) is 0 Å². The fourth-order valence-electron chi connectivity index (χ4n) is 3.93. The van der Waals surface area contributed by atoms with Crippen LogP contribution in [0.4, 0.5) is 0 Å². The Kier molecular flexibility index (Phi) is 7.94. The predicted octanol–water partition coefficient (Wildman–Crippen LogP) is 4.19. The maximum atomic E-state index is 10.6. The third-order valence-electron chi connectivity index (χ3n) is 5.38. The maximum Gasteiger partial charge on any atom is 0.150 e. The Labute approximate surface area is 168 Å². The number of carbonyl (C=O) groups is 2. The molecule has 0 N–H and O–H groups in total. The first kappa shape index (κ1) is 20.4. The van der Waals surface area contributed by atoms with Crippen LogP contribution in [0, 0.1) is 0 Å². The second kappa shape index (κ2) is 10.9. The van der Waals surface area contributed by atoms with Crippen molar-refractivity contribution in [3.8, 4) is 0 Å². The topological polar surface area (TPSA) is 40.6 Å². The second-order valence-corrected chi connectivity index (χ2v) is 7.69. The van der Waals surface area contributed by atoms with Crippen LogP contribution >= 0.6 is 0 Å². The lowest BCUT2D eigenvalue weighted by Crippen LogP contribution is -2.18. The van der Waals surface area contributed by atoms with Crippen LogP contribution in [-0.2, 0) is 13.1 Å². The summed E-state index contributed by atoms with van der Waals surface area (Å²) in [5.74, 6) is 0. The zero-order chi connectivity index (χ0) is 19.6. The van der Waals surface area contributed by atoms with Crippen molar-refractivity contribution in [2.24, 2.45) is 0 Å². The monoisotopic (exact) mass is 378 g/mol. The van der Waals surface area contributed by atoms with Crippen LogP contribution in [0.3, 0.4) is 0 Å². The van der Waals surface area contributed by atoms with Crippen LogP contribution in [-0.4, -0.2) is 48.6 Å². The highest BCUT2D eigenvalue weighted by Gasteiger charge is 2.12. The molecule has 0 amide bonds. The first-order valence-corrected chi connectivity index (χ1v) is 10.3. The van der Waals surface area contributed by atoms with E-state index >= 15 is 0 Å². The van der Waals surface area contributed by atoms with Gasteiger partial charge in [-0.05, 0) is 75.1 Å². The Hall–Kier alpha value is -2.30. The molecule has 0 atom stereocenters. The lowest BCUT2D eigenvalue weighted by Gasteiger charge is -2.14. The first-order valence-electron chi connectivity index (χ1n) is 10.3. The zero-order valence-electron chi connectivity index (χ0n) is 16.6. The number of aldehydes is 2. The van der Waals surface area contributed by atoms with Gasteiger partial charge >= 0.3 is 0 Å². The van der Waals surface area contributed by atoms with E-state index in [0.29, 0.717) is 0 Å². The van der Waals surface area contributed by atoms with E-state index in [-0.39, 0.29) is 0 Å². The number of rotatable bonds is 6. The van der Waals surface area contributed by atoms with E-state index in [0.717, 1.165) is 36.8 Å². The van der Waals surface area contributed by atoms with Gasteiger partial charge < -0.3 is 0 Å². The third-order valence-corrected chi connectivity index (χ3v) is 5.38. The molecular formula is C24H30N2O2. The van der Waals surface area contributed by atoms with Crippen molar-refractivity contribution < 1.29 is 9.59 Å². The van der Waals surface area contributed by atoms with Crippen LogP contribution in [0.15, 0.2) is 48.5 Å². The molecule has 0 aromatic heterocycles. The zero-order valence-corrected chi connectivity index (χ0v) is 16.6. The molecule has 2 heterocycles. The number of hydrogen-bond donors (Lipinski definition) is 0. The summed E-state index contributed by atoms with van der Waals surface area (Å²) in [4.78, 5) is 26.0. The summed E-state index contributed by atoms with van der Waals surface area (Å²) in [6, 6.07) is 15.7. The van der Waals surface area contributed by atoms with E-state index in [2.05, 4.69) is 21.9 Å². The molecule has 0 unspecified atom stereocenters. The molecule has 0 radical (unpaired) electrons. The number of likely N-dealkylation sites (tertiary alicyclic amines) is 2. The highest BCUT2D eigenvalue weighted by atomic mass is 16.1. The molecule has 0 aliphatic carbocycles. The first-order chi connectivity index (χ1) is 13.8. The average molecular weight is 379 g/mol. The highest BCUT2D eigenvalue weighted by Crippen LogP contribution is 2.14. The molecule has 2 aromatic carbocycles. The van der Waals surface area contributed by atoms with Gasteiger partial charge in [0.2, 0.25) is 0 Å². The van der Waals surface area contributed by atoms with Gasteiger partial charge in [0.15, 0.2) is 0 Å². The number of benzene rings is 2. The quantitative estimate of drug-likeness (QED) is 0.707. The minimum atomic E-state index is 0.779. The molecule has 4 heteroatoms. The van der Waals surface area contributed by atoms with Gasteiger partial charge in [-0.1, -0.05) is 36.4 Å². The van der Waals surface area contributed by atoms with Gasteiger partial charge in [0.25, 0.3) is 0 Å². The lowest BCUT2D eigenvalue weighted by molar-refractivity contribution is 0.111. The summed E-state index contributed by atoms with van der Waals surface area (Å²) in [6.45, 7) is 6.77. The minimum Gasteiger partial charge on any atom is -0.299 e. The maximum absolute atomic E-state index is 10.6. The molecule has 2 aliphatic rings. The van der Waals surface area contributed by atoms with Crippen LogP contribution in [0.1, 0.15) is 57.5 Å². The van der Waals surface area contributed by atoms with Crippen LogP contribution in [0.25, 0.3) is 0 Å². The molecule has 0 spiro atoms. The third kappa shape index (κ3) is 6.39. The lowest BCUT2D eigenvalue weighted by atomic mass is 10.1. The van der Waals surface area contributed by atoms with Crippen molar-refractivity contribution in [1.29, 1.82) is 0 Å². The molecule has 2 fully saturated rings. The molecule has 148 valence electrons. The summed E-state index contributed by atoms with van der Waals surface area (Å²) in [5, 5.41) is 0. The average Bonchev–Trinajstić information content (AvgIpc) is 3.43. The van der Waals surface area contributed by atoms with E-state index in [1.807, 2.05) is 36.4 Å². The predicted molar refractivity (Wildman–Crippen MR) is 113 cm³/mol. The van der Waals surface area contributed by atoms with Crippen LogP contribution < -0.4 is 0 Å². The Balaban J connectivity index is 0.000000161. The Bertz CT molecular complexity index is 697. The van der Waals surface area contributed by atoms with Gasteiger partial charge in [-0.3, -0.25) is 19.4 Å². The van der Waals surface area contributed by atoms with Gasteiger partial charge in [-0.15, -0.1) is 0 Å². The Morgan fingerprint density at radius 1 is 0.643 bits per heavy atom. The van der Waals surface area contributed by atoms with E-state index in [1.54, 1.807) is 0 Å². The SMILES string of the molecule is O=Cc1cccc(CN2CCCC2)c1.O=Cc1cccc(CN2CCCC2)c1. The van der Waals surface area contributed by atoms with Gasteiger partial charge in [0, 0.05) is 24.2 Å².